The molecule has 0 saturated carbocycles. The van der Waals surface area contributed by atoms with Crippen LogP contribution in [0.25, 0.3) is 0 Å². The molecule has 0 radical (unpaired) electrons. The van der Waals surface area contributed by atoms with E-state index in [9.17, 15) is 9.59 Å². The Morgan fingerprint density at radius 1 is 1.20 bits per heavy atom. The predicted octanol–water partition coefficient (Wildman–Crippen LogP) is 2.92. The van der Waals surface area contributed by atoms with Crippen LogP contribution in [0.15, 0.2) is 42.5 Å². The number of methoxy groups -OCH3 is 1. The maximum atomic E-state index is 12.6. The first-order valence-corrected chi connectivity index (χ1v) is 8.47. The molecule has 1 N–H and O–H groups in total. The summed E-state index contributed by atoms with van der Waals surface area (Å²) in [6, 6.07) is 13.2. The predicted molar refractivity (Wildman–Crippen MR) is 97.0 cm³/mol. The Labute approximate surface area is 147 Å². The molecule has 1 aliphatic rings. The second-order valence-corrected chi connectivity index (χ2v) is 5.99. The van der Waals surface area contributed by atoms with Crippen molar-refractivity contribution in [1.82, 2.24) is 5.32 Å². The molecule has 2 amide bonds. The van der Waals surface area contributed by atoms with Gasteiger partial charge in [-0.15, -0.1) is 0 Å². The summed E-state index contributed by atoms with van der Waals surface area (Å²) in [6.45, 7) is 2.92. The standard InChI is InChI=1S/C20H22N2O3/c1-3-19(23)22-11-10-16-17(8-5-9-18(16)22)20(24)21-13-14-6-4-7-15(12-14)25-2/h4-9,12H,3,10-11,13H2,1-2H3,(H,21,24). The second kappa shape index (κ2) is 7.38. The van der Waals surface area contributed by atoms with Crippen LogP contribution in [0.1, 0.15) is 34.8 Å². The highest BCUT2D eigenvalue weighted by Gasteiger charge is 2.27. The van der Waals surface area contributed by atoms with Gasteiger partial charge in [-0.05, 0) is 41.8 Å². The zero-order chi connectivity index (χ0) is 17.8. The number of carbonyl (C=O) groups excluding carboxylic acids is 2. The Bertz CT molecular complexity index is 801. The van der Waals surface area contributed by atoms with E-state index in [1.54, 1.807) is 12.0 Å². The van der Waals surface area contributed by atoms with Gasteiger partial charge in [-0.25, -0.2) is 0 Å². The summed E-state index contributed by atoms with van der Waals surface area (Å²) < 4.78 is 5.20. The van der Waals surface area contributed by atoms with E-state index in [4.69, 9.17) is 4.74 Å². The lowest BCUT2D eigenvalue weighted by Gasteiger charge is -2.17. The highest BCUT2D eigenvalue weighted by atomic mass is 16.5. The molecule has 0 aromatic heterocycles. The van der Waals surface area contributed by atoms with Gasteiger partial charge in [0.1, 0.15) is 5.75 Å². The largest absolute Gasteiger partial charge is 0.497 e. The van der Waals surface area contributed by atoms with Crippen LogP contribution < -0.4 is 15.0 Å². The fraction of sp³-hybridized carbons (Fsp3) is 0.300. The SMILES string of the molecule is CCC(=O)N1CCc2c(C(=O)NCc3cccc(OC)c3)cccc21. The molecule has 0 saturated heterocycles. The Morgan fingerprint density at radius 3 is 2.76 bits per heavy atom. The minimum atomic E-state index is -0.120. The van der Waals surface area contributed by atoms with E-state index in [1.165, 1.54) is 0 Å². The molecule has 3 rings (SSSR count). The Hall–Kier alpha value is -2.82. The van der Waals surface area contributed by atoms with Gasteiger partial charge in [-0.1, -0.05) is 25.1 Å². The zero-order valence-corrected chi connectivity index (χ0v) is 14.5. The van der Waals surface area contributed by atoms with Crippen molar-refractivity contribution in [2.45, 2.75) is 26.3 Å². The van der Waals surface area contributed by atoms with Gasteiger partial charge in [0.05, 0.1) is 7.11 Å². The monoisotopic (exact) mass is 338 g/mol. The van der Waals surface area contributed by atoms with E-state index < -0.39 is 0 Å². The number of hydrogen-bond donors (Lipinski definition) is 1. The Balaban J connectivity index is 1.75. The van der Waals surface area contributed by atoms with Gasteiger partial charge in [-0.3, -0.25) is 9.59 Å². The molecular formula is C20H22N2O3. The highest BCUT2D eigenvalue weighted by Crippen LogP contribution is 2.31. The molecule has 0 bridgehead atoms. The smallest absolute Gasteiger partial charge is 0.251 e. The number of hydrogen-bond acceptors (Lipinski definition) is 3. The van der Waals surface area contributed by atoms with E-state index in [2.05, 4.69) is 5.32 Å². The van der Waals surface area contributed by atoms with E-state index in [1.807, 2.05) is 49.4 Å². The van der Waals surface area contributed by atoms with Crippen LogP contribution in [0.2, 0.25) is 0 Å². The van der Waals surface area contributed by atoms with Crippen molar-refractivity contribution in [3.05, 3.63) is 59.2 Å². The third-order valence-corrected chi connectivity index (χ3v) is 4.46. The minimum absolute atomic E-state index is 0.0905. The molecule has 0 unspecified atom stereocenters. The normalized spacial score (nSPS) is 12.6. The maximum Gasteiger partial charge on any atom is 0.251 e. The number of ether oxygens (including phenoxy) is 1. The highest BCUT2D eigenvalue weighted by molar-refractivity contribution is 6.01. The van der Waals surface area contributed by atoms with Crippen molar-refractivity contribution < 1.29 is 14.3 Å². The number of fused-ring (bicyclic) bond motifs is 1. The summed E-state index contributed by atoms with van der Waals surface area (Å²) in [5.41, 5.74) is 3.43. The zero-order valence-electron chi connectivity index (χ0n) is 14.5. The first-order valence-electron chi connectivity index (χ1n) is 8.47. The number of amides is 2. The van der Waals surface area contributed by atoms with Gasteiger partial charge in [0.2, 0.25) is 5.91 Å². The maximum absolute atomic E-state index is 12.6. The molecule has 0 fully saturated rings. The number of carbonyl (C=O) groups is 2. The van der Waals surface area contributed by atoms with Crippen molar-refractivity contribution in [3.63, 3.8) is 0 Å². The average molecular weight is 338 g/mol. The molecule has 2 aromatic rings. The lowest BCUT2D eigenvalue weighted by atomic mass is 10.0. The number of anilines is 1. The van der Waals surface area contributed by atoms with Crippen molar-refractivity contribution in [2.24, 2.45) is 0 Å². The third kappa shape index (κ3) is 3.50. The summed E-state index contributed by atoms with van der Waals surface area (Å²) in [6.07, 6.45) is 1.18. The Kier molecular flexibility index (Phi) is 5.03. The summed E-state index contributed by atoms with van der Waals surface area (Å²) in [5, 5.41) is 2.96. The summed E-state index contributed by atoms with van der Waals surface area (Å²) in [7, 11) is 1.62. The number of rotatable bonds is 5. The molecular weight excluding hydrogens is 316 g/mol. The third-order valence-electron chi connectivity index (χ3n) is 4.46. The van der Waals surface area contributed by atoms with Crippen molar-refractivity contribution >= 4 is 17.5 Å². The first kappa shape index (κ1) is 17.0. The topological polar surface area (TPSA) is 58.6 Å². The molecule has 5 nitrogen and oxygen atoms in total. The van der Waals surface area contributed by atoms with Crippen LogP contribution in [0.3, 0.4) is 0 Å². The quantitative estimate of drug-likeness (QED) is 0.912. The fourth-order valence-corrected chi connectivity index (χ4v) is 3.16. The molecule has 0 atom stereocenters. The van der Waals surface area contributed by atoms with Gasteiger partial charge >= 0.3 is 0 Å². The number of benzene rings is 2. The van der Waals surface area contributed by atoms with Gasteiger partial charge in [-0.2, -0.15) is 0 Å². The van der Waals surface area contributed by atoms with Crippen LogP contribution in [-0.4, -0.2) is 25.5 Å². The van der Waals surface area contributed by atoms with E-state index in [0.29, 0.717) is 31.5 Å². The van der Waals surface area contributed by atoms with Crippen molar-refractivity contribution in [2.75, 3.05) is 18.6 Å². The van der Waals surface area contributed by atoms with Gasteiger partial charge in [0.15, 0.2) is 0 Å². The molecule has 25 heavy (non-hydrogen) atoms. The number of nitrogens with zero attached hydrogens (tertiary/aromatic N) is 1. The summed E-state index contributed by atoms with van der Waals surface area (Å²) >= 11 is 0. The van der Waals surface area contributed by atoms with Crippen LogP contribution in [0.4, 0.5) is 5.69 Å². The average Bonchev–Trinajstić information content (AvgIpc) is 3.09. The molecule has 0 aliphatic carbocycles. The summed E-state index contributed by atoms with van der Waals surface area (Å²) in [5.74, 6) is 0.735. The van der Waals surface area contributed by atoms with Crippen LogP contribution in [0, 0.1) is 0 Å². The van der Waals surface area contributed by atoms with Crippen LogP contribution in [0.5, 0.6) is 5.75 Å². The van der Waals surface area contributed by atoms with Gasteiger partial charge in [0.25, 0.3) is 5.91 Å². The lowest BCUT2D eigenvalue weighted by Crippen LogP contribution is -2.27. The molecule has 5 heteroatoms. The molecule has 2 aromatic carbocycles. The van der Waals surface area contributed by atoms with Crippen molar-refractivity contribution in [3.8, 4) is 5.75 Å². The van der Waals surface area contributed by atoms with E-state index >= 15 is 0 Å². The van der Waals surface area contributed by atoms with Crippen molar-refractivity contribution in [1.29, 1.82) is 0 Å². The van der Waals surface area contributed by atoms with E-state index in [-0.39, 0.29) is 11.8 Å². The molecule has 0 spiro atoms. The Morgan fingerprint density at radius 2 is 2.00 bits per heavy atom. The fourth-order valence-electron chi connectivity index (χ4n) is 3.16. The van der Waals surface area contributed by atoms with E-state index in [0.717, 1.165) is 22.6 Å². The van der Waals surface area contributed by atoms with Gasteiger partial charge < -0.3 is 15.0 Å². The molecule has 130 valence electrons. The van der Waals surface area contributed by atoms with Crippen LogP contribution >= 0.6 is 0 Å². The van der Waals surface area contributed by atoms with Gasteiger partial charge in [0, 0.05) is 30.8 Å². The second-order valence-electron chi connectivity index (χ2n) is 5.99. The first-order chi connectivity index (χ1) is 12.1. The molecule has 1 heterocycles. The molecule has 1 aliphatic heterocycles. The number of nitrogens with one attached hydrogen (secondary N) is 1. The summed E-state index contributed by atoms with van der Waals surface area (Å²) in [4.78, 5) is 26.4. The lowest BCUT2D eigenvalue weighted by molar-refractivity contribution is -0.118. The van der Waals surface area contributed by atoms with Crippen LogP contribution in [-0.2, 0) is 17.8 Å². The minimum Gasteiger partial charge on any atom is -0.497 e.